The standard InChI is InChI=1S/C20H25N3O4S/c1-13-19(14(2)27-22-13)28(25,26)23-12-6-11-18(23)20(24)21-17-10-5-8-15-7-3-4-9-16(15)17/h3-4,7,9,17-18H,5-6,8,10-12H2,1-2H3,(H,21,24). The van der Waals surface area contributed by atoms with Gasteiger partial charge in [0.2, 0.25) is 15.9 Å². The molecule has 1 N–H and O–H groups in total. The summed E-state index contributed by atoms with van der Waals surface area (Å²) in [4.78, 5) is 13.1. The molecule has 1 aliphatic carbocycles. The third-order valence-corrected chi connectivity index (χ3v) is 7.88. The van der Waals surface area contributed by atoms with Crippen molar-refractivity contribution in [3.05, 3.63) is 46.8 Å². The second-order valence-corrected chi connectivity index (χ2v) is 9.41. The highest BCUT2D eigenvalue weighted by Crippen LogP contribution is 2.32. The SMILES string of the molecule is Cc1noc(C)c1S(=O)(=O)N1CCCC1C(=O)NC1CCCc2ccccc21. The van der Waals surface area contributed by atoms with Gasteiger partial charge in [0.25, 0.3) is 0 Å². The number of sulfonamides is 1. The summed E-state index contributed by atoms with van der Waals surface area (Å²) in [5.41, 5.74) is 2.72. The predicted octanol–water partition coefficient (Wildman–Crippen LogP) is 2.64. The predicted molar refractivity (Wildman–Crippen MR) is 103 cm³/mol. The molecule has 0 spiro atoms. The molecule has 8 heteroatoms. The minimum Gasteiger partial charge on any atom is -0.360 e. The van der Waals surface area contributed by atoms with E-state index in [0.29, 0.717) is 25.1 Å². The summed E-state index contributed by atoms with van der Waals surface area (Å²) in [7, 11) is -3.84. The van der Waals surface area contributed by atoms with Gasteiger partial charge in [-0.2, -0.15) is 4.31 Å². The second kappa shape index (κ2) is 7.33. The molecule has 1 saturated heterocycles. The van der Waals surface area contributed by atoms with Crippen molar-refractivity contribution in [3.63, 3.8) is 0 Å². The topological polar surface area (TPSA) is 92.5 Å². The number of aromatic nitrogens is 1. The molecule has 2 aromatic rings. The Labute approximate surface area is 165 Å². The van der Waals surface area contributed by atoms with E-state index >= 15 is 0 Å². The fraction of sp³-hybridized carbons (Fsp3) is 0.500. The Morgan fingerprint density at radius 3 is 2.75 bits per heavy atom. The molecule has 0 radical (unpaired) electrons. The Morgan fingerprint density at radius 1 is 1.21 bits per heavy atom. The van der Waals surface area contributed by atoms with Gasteiger partial charge < -0.3 is 9.84 Å². The molecule has 2 unspecified atom stereocenters. The number of nitrogens with zero attached hydrogens (tertiary/aromatic N) is 2. The van der Waals surface area contributed by atoms with Gasteiger partial charge >= 0.3 is 0 Å². The molecule has 0 saturated carbocycles. The molecule has 1 aromatic carbocycles. The lowest BCUT2D eigenvalue weighted by Gasteiger charge is -2.29. The number of benzene rings is 1. The van der Waals surface area contributed by atoms with Crippen LogP contribution in [-0.4, -0.2) is 36.4 Å². The van der Waals surface area contributed by atoms with Crippen LogP contribution in [-0.2, 0) is 21.2 Å². The van der Waals surface area contributed by atoms with Crippen molar-refractivity contribution >= 4 is 15.9 Å². The monoisotopic (exact) mass is 403 g/mol. The second-order valence-electron chi connectivity index (χ2n) is 7.58. The summed E-state index contributed by atoms with van der Waals surface area (Å²) < 4.78 is 32.7. The van der Waals surface area contributed by atoms with Gasteiger partial charge in [0.05, 0.1) is 6.04 Å². The molecular weight excluding hydrogens is 378 g/mol. The van der Waals surface area contributed by atoms with Gasteiger partial charge in [-0.1, -0.05) is 29.4 Å². The molecule has 1 fully saturated rings. The van der Waals surface area contributed by atoms with E-state index in [0.717, 1.165) is 24.8 Å². The summed E-state index contributed by atoms with van der Waals surface area (Å²) in [6.07, 6.45) is 4.06. The molecule has 150 valence electrons. The molecule has 2 atom stereocenters. The van der Waals surface area contributed by atoms with Crippen molar-refractivity contribution in [1.29, 1.82) is 0 Å². The molecule has 1 aliphatic heterocycles. The van der Waals surface area contributed by atoms with Crippen LogP contribution in [0.2, 0.25) is 0 Å². The lowest BCUT2D eigenvalue weighted by atomic mass is 9.87. The smallest absolute Gasteiger partial charge is 0.249 e. The van der Waals surface area contributed by atoms with Gasteiger partial charge in [0.1, 0.15) is 16.6 Å². The zero-order valence-electron chi connectivity index (χ0n) is 16.1. The van der Waals surface area contributed by atoms with Crippen molar-refractivity contribution in [3.8, 4) is 0 Å². The molecule has 28 heavy (non-hydrogen) atoms. The van der Waals surface area contributed by atoms with Crippen LogP contribution in [0.1, 0.15) is 54.3 Å². The van der Waals surface area contributed by atoms with Crippen LogP contribution in [0.25, 0.3) is 0 Å². The minimum atomic E-state index is -3.84. The van der Waals surface area contributed by atoms with E-state index in [2.05, 4.69) is 16.5 Å². The minimum absolute atomic E-state index is 0.0679. The number of nitrogens with one attached hydrogen (secondary N) is 1. The zero-order valence-corrected chi connectivity index (χ0v) is 17.0. The fourth-order valence-electron chi connectivity index (χ4n) is 4.42. The Morgan fingerprint density at radius 2 is 2.00 bits per heavy atom. The first-order valence-corrected chi connectivity index (χ1v) is 11.2. The van der Waals surface area contributed by atoms with Crippen LogP contribution in [0.5, 0.6) is 0 Å². The maximum atomic E-state index is 13.2. The first-order chi connectivity index (χ1) is 13.4. The van der Waals surface area contributed by atoms with Gasteiger partial charge in [-0.3, -0.25) is 4.79 Å². The van der Waals surface area contributed by atoms with Crippen molar-refractivity contribution in [1.82, 2.24) is 14.8 Å². The summed E-state index contributed by atoms with van der Waals surface area (Å²) in [6, 6.07) is 7.36. The molecule has 2 heterocycles. The molecular formula is C20H25N3O4S. The lowest BCUT2D eigenvalue weighted by Crippen LogP contribution is -2.47. The third-order valence-electron chi connectivity index (χ3n) is 5.73. The van der Waals surface area contributed by atoms with E-state index in [1.165, 1.54) is 9.87 Å². The number of rotatable bonds is 4. The Kier molecular flexibility index (Phi) is 5.01. The molecule has 1 amide bonds. The highest BCUT2D eigenvalue weighted by atomic mass is 32.2. The number of hydrogen-bond donors (Lipinski definition) is 1. The number of carbonyl (C=O) groups is 1. The summed E-state index contributed by atoms with van der Waals surface area (Å²) in [6.45, 7) is 3.51. The molecule has 7 nitrogen and oxygen atoms in total. The van der Waals surface area contributed by atoms with E-state index < -0.39 is 16.1 Å². The van der Waals surface area contributed by atoms with E-state index in [1.54, 1.807) is 13.8 Å². The summed E-state index contributed by atoms with van der Waals surface area (Å²) in [5, 5.41) is 6.87. The highest BCUT2D eigenvalue weighted by Gasteiger charge is 2.42. The number of hydrogen-bond acceptors (Lipinski definition) is 5. The van der Waals surface area contributed by atoms with Crippen LogP contribution in [0.4, 0.5) is 0 Å². The van der Waals surface area contributed by atoms with Crippen molar-refractivity contribution in [2.75, 3.05) is 6.54 Å². The number of carbonyl (C=O) groups excluding carboxylic acids is 1. The van der Waals surface area contributed by atoms with Gasteiger partial charge in [0, 0.05) is 6.54 Å². The summed E-state index contributed by atoms with van der Waals surface area (Å²) in [5.74, 6) is 0.0271. The maximum absolute atomic E-state index is 13.2. The van der Waals surface area contributed by atoms with Crippen LogP contribution >= 0.6 is 0 Å². The van der Waals surface area contributed by atoms with Crippen LogP contribution in [0.15, 0.2) is 33.7 Å². The number of aryl methyl sites for hydroxylation is 3. The maximum Gasteiger partial charge on any atom is 0.249 e. The third kappa shape index (κ3) is 3.24. The Bertz CT molecular complexity index is 979. The number of amides is 1. The lowest BCUT2D eigenvalue weighted by molar-refractivity contribution is -0.125. The van der Waals surface area contributed by atoms with Crippen LogP contribution < -0.4 is 5.32 Å². The van der Waals surface area contributed by atoms with Gasteiger partial charge in [-0.05, 0) is 57.1 Å². The average Bonchev–Trinajstić information content (AvgIpc) is 3.29. The van der Waals surface area contributed by atoms with E-state index in [-0.39, 0.29) is 22.6 Å². The van der Waals surface area contributed by atoms with Gasteiger partial charge in [0.15, 0.2) is 5.76 Å². The molecule has 4 rings (SSSR count). The normalized spacial score (nSPS) is 22.8. The summed E-state index contributed by atoms with van der Waals surface area (Å²) >= 11 is 0. The van der Waals surface area contributed by atoms with E-state index in [1.807, 2.05) is 18.2 Å². The van der Waals surface area contributed by atoms with Crippen molar-refractivity contribution in [2.24, 2.45) is 0 Å². The van der Waals surface area contributed by atoms with E-state index in [9.17, 15) is 13.2 Å². The largest absolute Gasteiger partial charge is 0.360 e. The van der Waals surface area contributed by atoms with Crippen LogP contribution in [0.3, 0.4) is 0 Å². The highest BCUT2D eigenvalue weighted by molar-refractivity contribution is 7.89. The van der Waals surface area contributed by atoms with Crippen molar-refractivity contribution < 1.29 is 17.7 Å². The zero-order chi connectivity index (χ0) is 19.9. The first-order valence-electron chi connectivity index (χ1n) is 9.72. The number of fused-ring (bicyclic) bond motifs is 1. The molecule has 0 bridgehead atoms. The molecule has 1 aromatic heterocycles. The van der Waals surface area contributed by atoms with Gasteiger partial charge in [-0.15, -0.1) is 0 Å². The first kappa shape index (κ1) is 19.1. The molecule has 2 aliphatic rings. The van der Waals surface area contributed by atoms with Crippen LogP contribution in [0, 0.1) is 13.8 Å². The Balaban J connectivity index is 1.57. The van der Waals surface area contributed by atoms with Crippen molar-refractivity contribution in [2.45, 2.75) is 62.9 Å². The fourth-order valence-corrected chi connectivity index (χ4v) is 6.37. The van der Waals surface area contributed by atoms with E-state index in [4.69, 9.17) is 4.52 Å². The average molecular weight is 404 g/mol. The van der Waals surface area contributed by atoms with Gasteiger partial charge in [-0.25, -0.2) is 8.42 Å². The Hall–Kier alpha value is -2.19. The quantitative estimate of drug-likeness (QED) is 0.847.